The molecule has 0 aliphatic heterocycles. The fourth-order valence-electron chi connectivity index (χ4n) is 3.95. The molecule has 1 N–H and O–H groups in total. The van der Waals surface area contributed by atoms with Crippen molar-refractivity contribution in [2.24, 2.45) is 11.8 Å². The SMILES string of the molecule is CCOC(=O)C1C(=O)C[C@](O)(c2ccccc2)C(C#N)C1c1ccc(Cl)cc1. The van der Waals surface area contributed by atoms with E-state index in [2.05, 4.69) is 6.07 Å². The maximum atomic E-state index is 13.0. The third-order valence-corrected chi connectivity index (χ3v) is 5.48. The van der Waals surface area contributed by atoms with Crippen LogP contribution in [0.1, 0.15) is 30.4 Å². The van der Waals surface area contributed by atoms with Crippen molar-refractivity contribution in [2.45, 2.75) is 24.9 Å². The Kier molecular flexibility index (Phi) is 5.83. The molecule has 0 saturated heterocycles. The molecule has 6 heteroatoms. The van der Waals surface area contributed by atoms with Crippen molar-refractivity contribution >= 4 is 23.4 Å². The molecular weight excluding hydrogens is 378 g/mol. The van der Waals surface area contributed by atoms with Gasteiger partial charge in [0.05, 0.1) is 18.6 Å². The Morgan fingerprint density at radius 2 is 1.89 bits per heavy atom. The molecule has 0 heterocycles. The van der Waals surface area contributed by atoms with E-state index in [0.717, 1.165) is 0 Å². The van der Waals surface area contributed by atoms with E-state index < -0.39 is 35.1 Å². The van der Waals surface area contributed by atoms with Gasteiger partial charge in [0.15, 0.2) is 5.78 Å². The monoisotopic (exact) mass is 397 g/mol. The molecule has 0 aromatic heterocycles. The summed E-state index contributed by atoms with van der Waals surface area (Å²) in [6.07, 6.45) is -0.331. The Bertz CT molecular complexity index is 906. The lowest BCUT2D eigenvalue weighted by Crippen LogP contribution is -2.51. The molecule has 0 bridgehead atoms. The number of nitrogens with zero attached hydrogens (tertiary/aromatic N) is 1. The number of benzene rings is 2. The molecule has 0 spiro atoms. The number of hydrogen-bond donors (Lipinski definition) is 1. The van der Waals surface area contributed by atoms with Gasteiger partial charge in [-0.25, -0.2) is 0 Å². The van der Waals surface area contributed by atoms with Crippen LogP contribution in [0.15, 0.2) is 54.6 Å². The maximum Gasteiger partial charge on any atom is 0.317 e. The van der Waals surface area contributed by atoms with Crippen LogP contribution in [-0.2, 0) is 19.9 Å². The smallest absolute Gasteiger partial charge is 0.317 e. The normalized spacial score (nSPS) is 27.1. The first-order valence-corrected chi connectivity index (χ1v) is 9.42. The van der Waals surface area contributed by atoms with E-state index in [1.165, 1.54) is 0 Å². The summed E-state index contributed by atoms with van der Waals surface area (Å²) in [5.41, 5.74) is -0.659. The minimum atomic E-state index is -1.71. The summed E-state index contributed by atoms with van der Waals surface area (Å²) in [6, 6.07) is 17.4. The quantitative estimate of drug-likeness (QED) is 0.629. The van der Waals surface area contributed by atoms with Crippen LogP contribution < -0.4 is 0 Å². The first-order chi connectivity index (χ1) is 13.4. The van der Waals surface area contributed by atoms with Crippen molar-refractivity contribution in [1.29, 1.82) is 5.26 Å². The summed E-state index contributed by atoms with van der Waals surface area (Å²) in [5, 5.41) is 21.9. The molecule has 1 fully saturated rings. The number of halogens is 1. The number of ketones is 1. The van der Waals surface area contributed by atoms with Gasteiger partial charge in [-0.2, -0.15) is 5.26 Å². The van der Waals surface area contributed by atoms with Gasteiger partial charge in [-0.15, -0.1) is 0 Å². The number of carbonyl (C=O) groups excluding carboxylic acids is 2. The molecule has 0 radical (unpaired) electrons. The summed E-state index contributed by atoms with van der Waals surface area (Å²) in [7, 11) is 0. The van der Waals surface area contributed by atoms with E-state index in [-0.39, 0.29) is 13.0 Å². The molecule has 144 valence electrons. The van der Waals surface area contributed by atoms with Gasteiger partial charge in [0, 0.05) is 17.4 Å². The standard InChI is InChI=1S/C22H20ClNO4/c1-2-28-21(26)20-18(25)12-22(27,15-6-4-3-5-7-15)17(13-24)19(20)14-8-10-16(23)11-9-14/h3-11,17,19-20,27H,2,12H2,1H3/t17?,19?,20?,22-/m0/s1. The van der Waals surface area contributed by atoms with Crippen LogP contribution in [0.3, 0.4) is 0 Å². The molecular formula is C22H20ClNO4. The summed E-state index contributed by atoms with van der Waals surface area (Å²) in [4.78, 5) is 25.6. The molecule has 3 rings (SSSR count). The number of aliphatic hydroxyl groups is 1. The fourth-order valence-corrected chi connectivity index (χ4v) is 4.08. The Hall–Kier alpha value is -2.68. The van der Waals surface area contributed by atoms with Gasteiger partial charge in [0.2, 0.25) is 0 Å². The molecule has 4 atom stereocenters. The Balaban J connectivity index is 2.16. The molecule has 1 saturated carbocycles. The number of ether oxygens (including phenoxy) is 1. The lowest BCUT2D eigenvalue weighted by atomic mass is 9.60. The summed E-state index contributed by atoms with van der Waals surface area (Å²) >= 11 is 5.98. The van der Waals surface area contributed by atoms with E-state index >= 15 is 0 Å². The largest absolute Gasteiger partial charge is 0.465 e. The molecule has 3 unspecified atom stereocenters. The molecule has 5 nitrogen and oxygen atoms in total. The van der Waals surface area contributed by atoms with Crippen molar-refractivity contribution < 1.29 is 19.4 Å². The number of rotatable bonds is 4. The predicted molar refractivity (Wildman–Crippen MR) is 103 cm³/mol. The first kappa shape index (κ1) is 20.1. The van der Waals surface area contributed by atoms with Crippen LogP contribution in [0, 0.1) is 23.2 Å². The second-order valence-electron chi connectivity index (χ2n) is 6.85. The lowest BCUT2D eigenvalue weighted by molar-refractivity contribution is -0.161. The molecule has 1 aliphatic rings. The lowest BCUT2D eigenvalue weighted by Gasteiger charge is -2.44. The fraction of sp³-hybridized carbons (Fsp3) is 0.318. The number of nitriles is 1. The van der Waals surface area contributed by atoms with Crippen LogP contribution in [0.5, 0.6) is 0 Å². The van der Waals surface area contributed by atoms with Gasteiger partial charge in [-0.3, -0.25) is 9.59 Å². The molecule has 1 aliphatic carbocycles. The second kappa shape index (κ2) is 8.14. The summed E-state index contributed by atoms with van der Waals surface area (Å²) in [5.74, 6) is -4.16. The zero-order valence-electron chi connectivity index (χ0n) is 15.3. The highest BCUT2D eigenvalue weighted by Crippen LogP contribution is 2.50. The number of esters is 1. The average Bonchev–Trinajstić information content (AvgIpc) is 2.69. The number of carbonyl (C=O) groups is 2. The number of Topliss-reactive ketones (excluding diaryl/α,β-unsaturated/α-hetero) is 1. The van der Waals surface area contributed by atoms with Crippen LogP contribution in [-0.4, -0.2) is 23.5 Å². The Labute approximate surface area is 168 Å². The van der Waals surface area contributed by atoms with Crippen molar-refractivity contribution in [3.05, 3.63) is 70.7 Å². The molecule has 2 aromatic carbocycles. The highest BCUT2D eigenvalue weighted by molar-refractivity contribution is 6.30. The Morgan fingerprint density at radius 3 is 2.46 bits per heavy atom. The van der Waals surface area contributed by atoms with Crippen molar-refractivity contribution in [1.82, 2.24) is 0 Å². The topological polar surface area (TPSA) is 87.4 Å². The van der Waals surface area contributed by atoms with Crippen molar-refractivity contribution in [3.63, 3.8) is 0 Å². The van der Waals surface area contributed by atoms with Gasteiger partial charge < -0.3 is 9.84 Å². The van der Waals surface area contributed by atoms with Crippen LogP contribution in [0.4, 0.5) is 0 Å². The zero-order valence-corrected chi connectivity index (χ0v) is 16.1. The van der Waals surface area contributed by atoms with Crippen LogP contribution >= 0.6 is 11.6 Å². The Morgan fingerprint density at radius 1 is 1.25 bits per heavy atom. The van der Waals surface area contributed by atoms with Crippen molar-refractivity contribution in [2.75, 3.05) is 6.61 Å². The third kappa shape index (κ3) is 3.54. The van der Waals surface area contributed by atoms with E-state index in [4.69, 9.17) is 16.3 Å². The van der Waals surface area contributed by atoms with E-state index in [1.807, 2.05) is 0 Å². The van der Waals surface area contributed by atoms with Crippen LogP contribution in [0.25, 0.3) is 0 Å². The summed E-state index contributed by atoms with van der Waals surface area (Å²) < 4.78 is 5.12. The highest BCUT2D eigenvalue weighted by Gasteiger charge is 2.56. The minimum absolute atomic E-state index is 0.121. The third-order valence-electron chi connectivity index (χ3n) is 5.23. The van der Waals surface area contributed by atoms with E-state index in [1.54, 1.807) is 61.5 Å². The minimum Gasteiger partial charge on any atom is -0.465 e. The van der Waals surface area contributed by atoms with Gasteiger partial charge in [0.1, 0.15) is 11.5 Å². The van der Waals surface area contributed by atoms with Gasteiger partial charge in [0.25, 0.3) is 0 Å². The van der Waals surface area contributed by atoms with Gasteiger partial charge >= 0.3 is 5.97 Å². The maximum absolute atomic E-state index is 13.0. The first-order valence-electron chi connectivity index (χ1n) is 9.04. The van der Waals surface area contributed by atoms with Crippen LogP contribution in [0.2, 0.25) is 5.02 Å². The zero-order chi connectivity index (χ0) is 20.3. The number of hydrogen-bond acceptors (Lipinski definition) is 5. The predicted octanol–water partition coefficient (Wildman–Crippen LogP) is 3.60. The highest BCUT2D eigenvalue weighted by atomic mass is 35.5. The average molecular weight is 398 g/mol. The van der Waals surface area contributed by atoms with E-state index in [0.29, 0.717) is 16.1 Å². The summed E-state index contributed by atoms with van der Waals surface area (Å²) in [6.45, 7) is 1.78. The molecule has 2 aromatic rings. The second-order valence-corrected chi connectivity index (χ2v) is 7.28. The van der Waals surface area contributed by atoms with Crippen molar-refractivity contribution in [3.8, 4) is 6.07 Å². The van der Waals surface area contributed by atoms with Gasteiger partial charge in [-0.1, -0.05) is 54.1 Å². The molecule has 0 amide bonds. The van der Waals surface area contributed by atoms with Gasteiger partial charge in [-0.05, 0) is 30.2 Å². The van der Waals surface area contributed by atoms with E-state index in [9.17, 15) is 20.0 Å². The molecule has 28 heavy (non-hydrogen) atoms.